The van der Waals surface area contributed by atoms with Crippen LogP contribution >= 0.6 is 0 Å². The number of oxime groups is 1. The standard InChI is InChI=1S/C26H28N4O7/c1-15-8-16(2)10-18(9-15)27-23(32)26-7-6-25(5,24(26,3)4)21(14-26)28-37-22(31)17-11-19(29(33)34)13-20(12-17)30(35)36/h8-13H,6-7,14H2,1-5H3,(H,27,32)/b28-21-. The molecule has 0 radical (unpaired) electrons. The molecule has 194 valence electrons. The van der Waals surface area contributed by atoms with Gasteiger partial charge >= 0.3 is 5.97 Å². The summed E-state index contributed by atoms with van der Waals surface area (Å²) in [6.07, 6.45) is 1.56. The van der Waals surface area contributed by atoms with Crippen molar-refractivity contribution in [1.29, 1.82) is 0 Å². The Morgan fingerprint density at radius 2 is 1.49 bits per heavy atom. The Bertz CT molecular complexity index is 1330. The lowest BCUT2D eigenvalue weighted by Gasteiger charge is -2.39. The van der Waals surface area contributed by atoms with Crippen molar-refractivity contribution >= 4 is 34.7 Å². The molecule has 2 bridgehead atoms. The fourth-order valence-corrected chi connectivity index (χ4v) is 5.89. The third kappa shape index (κ3) is 4.13. The average molecular weight is 509 g/mol. The van der Waals surface area contributed by atoms with E-state index in [2.05, 4.69) is 10.5 Å². The second-order valence-corrected chi connectivity index (χ2v) is 10.7. The Morgan fingerprint density at radius 3 is 2.03 bits per heavy atom. The van der Waals surface area contributed by atoms with Crippen molar-refractivity contribution in [3.63, 3.8) is 0 Å². The van der Waals surface area contributed by atoms with Gasteiger partial charge in [-0.05, 0) is 55.4 Å². The van der Waals surface area contributed by atoms with E-state index in [1.165, 1.54) is 0 Å². The van der Waals surface area contributed by atoms with Crippen LogP contribution in [-0.4, -0.2) is 27.4 Å². The van der Waals surface area contributed by atoms with Crippen LogP contribution in [0.4, 0.5) is 17.1 Å². The highest BCUT2D eigenvalue weighted by atomic mass is 16.7. The van der Waals surface area contributed by atoms with Gasteiger partial charge in [0.15, 0.2) is 0 Å². The van der Waals surface area contributed by atoms with E-state index < -0.39 is 43.4 Å². The molecule has 2 fully saturated rings. The molecule has 2 aromatic carbocycles. The van der Waals surface area contributed by atoms with E-state index in [0.29, 0.717) is 24.2 Å². The topological polar surface area (TPSA) is 154 Å². The maximum absolute atomic E-state index is 13.7. The molecule has 2 aromatic rings. The minimum Gasteiger partial charge on any atom is -0.326 e. The number of nitro groups is 2. The zero-order valence-electron chi connectivity index (χ0n) is 21.3. The highest BCUT2D eigenvalue weighted by Crippen LogP contribution is 2.71. The van der Waals surface area contributed by atoms with Gasteiger partial charge in [-0.25, -0.2) is 4.79 Å². The molecule has 37 heavy (non-hydrogen) atoms. The van der Waals surface area contributed by atoms with Gasteiger partial charge in [0.1, 0.15) is 0 Å². The molecule has 0 aliphatic heterocycles. The fraction of sp³-hybridized carbons (Fsp3) is 0.423. The van der Waals surface area contributed by atoms with Gasteiger partial charge in [0.2, 0.25) is 5.91 Å². The first-order valence-corrected chi connectivity index (χ1v) is 11.8. The summed E-state index contributed by atoms with van der Waals surface area (Å²) in [6, 6.07) is 8.41. The number of anilines is 1. The van der Waals surface area contributed by atoms with Crippen LogP contribution in [0.3, 0.4) is 0 Å². The van der Waals surface area contributed by atoms with Crippen LogP contribution < -0.4 is 5.32 Å². The van der Waals surface area contributed by atoms with Crippen molar-refractivity contribution in [3.05, 3.63) is 73.3 Å². The van der Waals surface area contributed by atoms with Crippen molar-refractivity contribution in [2.75, 3.05) is 5.32 Å². The maximum atomic E-state index is 13.7. The predicted octanol–water partition coefficient (Wildman–Crippen LogP) is 5.49. The number of nitrogens with zero attached hydrogens (tertiary/aromatic N) is 3. The van der Waals surface area contributed by atoms with E-state index >= 15 is 0 Å². The smallest absolute Gasteiger partial charge is 0.326 e. The number of rotatable bonds is 6. The molecule has 11 heteroatoms. The normalized spacial score (nSPS) is 24.6. The lowest BCUT2D eigenvalue weighted by Crippen LogP contribution is -2.43. The molecule has 0 spiro atoms. The van der Waals surface area contributed by atoms with Crippen molar-refractivity contribution < 1.29 is 24.3 Å². The van der Waals surface area contributed by atoms with E-state index in [1.807, 2.05) is 52.8 Å². The first-order valence-electron chi connectivity index (χ1n) is 11.8. The van der Waals surface area contributed by atoms with Gasteiger partial charge in [-0.15, -0.1) is 0 Å². The number of nitro benzene ring substituents is 2. The molecule has 1 amide bonds. The highest BCUT2D eigenvalue weighted by molar-refractivity contribution is 6.06. The molecule has 4 rings (SSSR count). The SMILES string of the molecule is Cc1cc(C)cc(NC(=O)C23CCC(C)(/C(=N\OC(=O)c4cc([N+](=O)[O-])cc([N+](=O)[O-])c4)C2)C3(C)C)c1. The second-order valence-electron chi connectivity index (χ2n) is 10.7. The monoisotopic (exact) mass is 508 g/mol. The van der Waals surface area contributed by atoms with Crippen LogP contribution in [0.15, 0.2) is 41.6 Å². The molecule has 2 aliphatic rings. The zero-order valence-corrected chi connectivity index (χ0v) is 21.3. The highest BCUT2D eigenvalue weighted by Gasteiger charge is 2.71. The van der Waals surface area contributed by atoms with E-state index in [0.717, 1.165) is 29.3 Å². The zero-order chi connectivity index (χ0) is 27.3. The third-order valence-electron chi connectivity index (χ3n) is 8.45. The van der Waals surface area contributed by atoms with Crippen LogP contribution in [0.1, 0.15) is 61.5 Å². The molecule has 0 saturated heterocycles. The summed E-state index contributed by atoms with van der Waals surface area (Å²) in [7, 11) is 0. The average Bonchev–Trinajstić information content (AvgIpc) is 3.12. The number of fused-ring (bicyclic) bond motifs is 2. The van der Waals surface area contributed by atoms with Crippen molar-refractivity contribution in [2.45, 2.75) is 53.9 Å². The predicted molar refractivity (Wildman–Crippen MR) is 135 cm³/mol. The van der Waals surface area contributed by atoms with Gasteiger partial charge in [0.25, 0.3) is 11.4 Å². The lowest BCUT2D eigenvalue weighted by atomic mass is 9.64. The Hall–Kier alpha value is -4.15. The Balaban J connectivity index is 1.61. The van der Waals surface area contributed by atoms with Crippen molar-refractivity contribution in [3.8, 4) is 0 Å². The number of carbonyl (C=O) groups excluding carboxylic acids is 2. The van der Waals surface area contributed by atoms with E-state index in [4.69, 9.17) is 4.84 Å². The number of nitrogens with one attached hydrogen (secondary N) is 1. The molecular weight excluding hydrogens is 480 g/mol. The van der Waals surface area contributed by atoms with E-state index in [9.17, 15) is 29.8 Å². The van der Waals surface area contributed by atoms with Gasteiger partial charge in [-0.2, -0.15) is 0 Å². The molecule has 0 heterocycles. The maximum Gasteiger partial charge on any atom is 0.366 e. The van der Waals surface area contributed by atoms with Crippen LogP contribution in [-0.2, 0) is 9.63 Å². The summed E-state index contributed by atoms with van der Waals surface area (Å²) in [5, 5.41) is 29.5. The van der Waals surface area contributed by atoms with E-state index in [1.54, 1.807) is 0 Å². The molecule has 2 atom stereocenters. The third-order valence-corrected chi connectivity index (χ3v) is 8.45. The Morgan fingerprint density at radius 1 is 0.919 bits per heavy atom. The van der Waals surface area contributed by atoms with Gasteiger partial charge in [-0.3, -0.25) is 25.0 Å². The first kappa shape index (κ1) is 25.9. The molecular formula is C26H28N4O7. The fourth-order valence-electron chi connectivity index (χ4n) is 5.89. The quantitative estimate of drug-likeness (QED) is 0.307. The minimum atomic E-state index is -1.06. The Labute approximate surface area is 213 Å². The number of carbonyl (C=O) groups is 2. The first-order chi connectivity index (χ1) is 17.2. The Kier molecular flexibility index (Phi) is 6.13. The minimum absolute atomic E-state index is 0.128. The molecule has 2 unspecified atom stereocenters. The molecule has 2 saturated carbocycles. The van der Waals surface area contributed by atoms with E-state index in [-0.39, 0.29) is 17.9 Å². The number of amides is 1. The summed E-state index contributed by atoms with van der Waals surface area (Å²) in [5.74, 6) is -1.19. The number of non-ortho nitro benzene ring substituents is 2. The van der Waals surface area contributed by atoms with Crippen LogP contribution in [0.5, 0.6) is 0 Å². The van der Waals surface area contributed by atoms with Crippen molar-refractivity contribution in [2.24, 2.45) is 21.4 Å². The number of hydrogen-bond acceptors (Lipinski definition) is 8. The molecule has 11 nitrogen and oxygen atoms in total. The summed E-state index contributed by atoms with van der Waals surface area (Å²) in [5.41, 5.74) is -0.101. The van der Waals surface area contributed by atoms with Gasteiger partial charge < -0.3 is 10.2 Å². The molecule has 2 aliphatic carbocycles. The van der Waals surface area contributed by atoms with Crippen LogP contribution in [0.2, 0.25) is 0 Å². The van der Waals surface area contributed by atoms with Gasteiger partial charge in [-0.1, -0.05) is 32.0 Å². The summed E-state index contributed by atoms with van der Waals surface area (Å²) >= 11 is 0. The van der Waals surface area contributed by atoms with Crippen LogP contribution in [0.25, 0.3) is 0 Å². The lowest BCUT2D eigenvalue weighted by molar-refractivity contribution is -0.394. The van der Waals surface area contributed by atoms with Crippen LogP contribution in [0, 0.1) is 50.3 Å². The second kappa shape index (κ2) is 8.75. The number of benzene rings is 2. The largest absolute Gasteiger partial charge is 0.366 e. The van der Waals surface area contributed by atoms with Gasteiger partial charge in [0.05, 0.1) is 32.6 Å². The number of aryl methyl sites for hydroxylation is 2. The molecule has 0 aromatic heterocycles. The summed E-state index contributed by atoms with van der Waals surface area (Å²) < 4.78 is 0. The number of hydrogen-bond donors (Lipinski definition) is 1. The van der Waals surface area contributed by atoms with Crippen molar-refractivity contribution in [1.82, 2.24) is 0 Å². The summed E-state index contributed by atoms with van der Waals surface area (Å²) in [6.45, 7) is 9.92. The van der Waals surface area contributed by atoms with Gasteiger partial charge in [0, 0.05) is 29.7 Å². The summed E-state index contributed by atoms with van der Waals surface area (Å²) in [4.78, 5) is 52.2. The molecule has 1 N–H and O–H groups in total.